The Morgan fingerprint density at radius 1 is 0.690 bits per heavy atom. The first-order valence-electron chi connectivity index (χ1n) is 26.5. The maximum absolute atomic E-state index is 13.6. The molecule has 71 heavy (non-hydrogen) atoms. The van der Waals surface area contributed by atoms with E-state index in [1.165, 1.54) is 13.0 Å². The van der Waals surface area contributed by atoms with Gasteiger partial charge in [-0.3, -0.25) is 4.79 Å². The van der Waals surface area contributed by atoms with Crippen molar-refractivity contribution in [1.29, 1.82) is 0 Å². The molecule has 4 N–H and O–H groups in total. The Hall–Kier alpha value is -2.68. The molecule has 16 heteroatoms. The molecule has 0 spiro atoms. The molecule has 4 heterocycles. The lowest BCUT2D eigenvalue weighted by Crippen LogP contribution is -2.78. The molecule has 1 unspecified atom stereocenters. The molecule has 21 atom stereocenters. The van der Waals surface area contributed by atoms with Gasteiger partial charge in [0.1, 0.15) is 29.0 Å². The highest BCUT2D eigenvalue weighted by molar-refractivity contribution is 5.88. The van der Waals surface area contributed by atoms with Crippen LogP contribution in [-0.2, 0) is 57.0 Å². The molecular weight excluding hydrogens is 917 g/mol. The highest BCUT2D eigenvalue weighted by Gasteiger charge is 2.81. The van der Waals surface area contributed by atoms with E-state index in [-0.39, 0.29) is 80.8 Å². The molecule has 0 radical (unpaired) electrons. The monoisotopic (exact) mass is 997 g/mol. The molecule has 0 bridgehead atoms. The minimum Gasteiger partial charge on any atom is -0.458 e. The number of Topliss-reactive ketones (excluding diaryl/α,β-unsaturated/α-hetero) is 1. The molecule has 0 aromatic heterocycles. The number of ether oxygens (including phenoxy) is 10. The van der Waals surface area contributed by atoms with Gasteiger partial charge in [-0.2, -0.15) is 0 Å². The number of carbonyl (C=O) groups is 2. The highest BCUT2D eigenvalue weighted by Crippen LogP contribution is 2.71. The van der Waals surface area contributed by atoms with Gasteiger partial charge in [-0.15, -0.1) is 0 Å². The maximum Gasteiger partial charge on any atom is 0.331 e. The minimum absolute atomic E-state index is 0.0248. The number of esters is 1. The first kappa shape index (κ1) is 53.2. The van der Waals surface area contributed by atoms with Crippen molar-refractivity contribution in [2.75, 3.05) is 7.11 Å². The smallest absolute Gasteiger partial charge is 0.331 e. The quantitative estimate of drug-likeness (QED) is 0.0964. The van der Waals surface area contributed by atoms with Gasteiger partial charge in [-0.05, 0) is 123 Å². The van der Waals surface area contributed by atoms with E-state index < -0.39 is 82.5 Å². The Balaban J connectivity index is 0.761. The van der Waals surface area contributed by atoms with Gasteiger partial charge in [0.05, 0.1) is 60.4 Å². The van der Waals surface area contributed by atoms with Crippen molar-refractivity contribution in [3.8, 4) is 0 Å². The zero-order valence-corrected chi connectivity index (χ0v) is 42.9. The molecule has 3 saturated carbocycles. The van der Waals surface area contributed by atoms with Crippen LogP contribution in [0.1, 0.15) is 144 Å². The fourth-order valence-electron chi connectivity index (χ4n) is 14.1. The van der Waals surface area contributed by atoms with E-state index >= 15 is 0 Å². The second-order valence-electron chi connectivity index (χ2n) is 22.6. The summed E-state index contributed by atoms with van der Waals surface area (Å²) in [6, 6.07) is 9.34. The number of aliphatic hydroxyl groups is 4. The number of fused-ring (bicyclic) bond motifs is 5. The molecule has 16 nitrogen and oxygen atoms in total. The maximum atomic E-state index is 13.6. The van der Waals surface area contributed by atoms with E-state index in [9.17, 15) is 30.0 Å². The predicted molar refractivity (Wildman–Crippen MR) is 257 cm³/mol. The van der Waals surface area contributed by atoms with Crippen molar-refractivity contribution in [3.05, 3.63) is 53.6 Å². The van der Waals surface area contributed by atoms with Gasteiger partial charge in [0.15, 0.2) is 30.9 Å². The lowest BCUT2D eigenvalue weighted by molar-refractivity contribution is -0.318. The third kappa shape index (κ3) is 9.79. The van der Waals surface area contributed by atoms with Crippen molar-refractivity contribution in [3.63, 3.8) is 0 Å². The van der Waals surface area contributed by atoms with Crippen LogP contribution in [0, 0.1) is 16.7 Å². The topological polar surface area (TPSA) is 207 Å². The number of rotatable bonds is 13. The Morgan fingerprint density at radius 2 is 1.25 bits per heavy atom. The normalized spacial score (nSPS) is 48.0. The Bertz CT molecular complexity index is 2100. The number of carbonyl (C=O) groups excluding carboxylic acids is 2. The molecule has 7 fully saturated rings. The number of hydrogen-bond donors (Lipinski definition) is 4. The second-order valence-corrected chi connectivity index (χ2v) is 22.6. The fourth-order valence-corrected chi connectivity index (χ4v) is 14.1. The van der Waals surface area contributed by atoms with Crippen molar-refractivity contribution in [1.82, 2.24) is 0 Å². The van der Waals surface area contributed by atoms with Gasteiger partial charge >= 0.3 is 5.97 Å². The van der Waals surface area contributed by atoms with Gasteiger partial charge in [0.25, 0.3) is 0 Å². The minimum atomic E-state index is -2.02. The van der Waals surface area contributed by atoms with Gasteiger partial charge in [-0.1, -0.05) is 48.9 Å². The first-order valence-corrected chi connectivity index (χ1v) is 26.5. The van der Waals surface area contributed by atoms with Crippen molar-refractivity contribution < 1.29 is 77.4 Å². The zero-order valence-electron chi connectivity index (χ0n) is 42.9. The van der Waals surface area contributed by atoms with Gasteiger partial charge in [-0.25, -0.2) is 4.79 Å². The third-order valence-electron chi connectivity index (χ3n) is 18.6. The average Bonchev–Trinajstić information content (AvgIpc) is 3.57. The molecule has 1 aromatic rings. The van der Waals surface area contributed by atoms with Crippen LogP contribution in [0.15, 0.2) is 48.1 Å². The van der Waals surface area contributed by atoms with Crippen LogP contribution in [-0.4, -0.2) is 148 Å². The first-order chi connectivity index (χ1) is 33.7. The van der Waals surface area contributed by atoms with Crippen LogP contribution in [0.25, 0.3) is 6.08 Å². The third-order valence-corrected chi connectivity index (χ3v) is 18.6. The van der Waals surface area contributed by atoms with Crippen molar-refractivity contribution >= 4 is 17.8 Å². The van der Waals surface area contributed by atoms with Crippen LogP contribution in [0.4, 0.5) is 0 Å². The van der Waals surface area contributed by atoms with E-state index in [0.717, 1.165) is 30.4 Å². The summed E-state index contributed by atoms with van der Waals surface area (Å²) in [6.45, 7) is 12.9. The summed E-state index contributed by atoms with van der Waals surface area (Å²) in [5, 5.41) is 48.3. The Morgan fingerprint density at radius 3 is 1.82 bits per heavy atom. The van der Waals surface area contributed by atoms with Crippen LogP contribution < -0.4 is 0 Å². The molecule has 1 aromatic carbocycles. The Kier molecular flexibility index (Phi) is 15.6. The molecular formula is C55H80O16. The summed E-state index contributed by atoms with van der Waals surface area (Å²) in [5.41, 5.74) is -6.00. The lowest BCUT2D eigenvalue weighted by atomic mass is 9.42. The molecule has 4 aliphatic heterocycles. The molecule has 0 amide bonds. The molecule has 396 valence electrons. The van der Waals surface area contributed by atoms with E-state index in [1.807, 2.05) is 64.1 Å². The van der Waals surface area contributed by atoms with Crippen LogP contribution in [0.3, 0.4) is 0 Å². The molecule has 9 rings (SSSR count). The molecule has 4 aliphatic carbocycles. The van der Waals surface area contributed by atoms with E-state index in [0.29, 0.717) is 44.9 Å². The average molecular weight is 997 g/mol. The van der Waals surface area contributed by atoms with E-state index in [4.69, 9.17) is 47.4 Å². The fraction of sp³-hybridized carbons (Fsp3) is 0.782. The van der Waals surface area contributed by atoms with Crippen molar-refractivity contribution in [2.24, 2.45) is 16.7 Å². The number of benzene rings is 1. The number of aliphatic hydroxyl groups excluding tert-OH is 1. The SMILES string of the molecule is CO[C@@H]1C[C@H](O[C@H]2CC[C@H](O[C@H]3CC[C@H](O[C@H]4CC[C@H](OC5CC[C@@]6(C)C(=CC[C@]7(O)[C@@H]6C[C@@H](OC(=O)/C=C/c6ccccc6)[C@@]6(C)[C@]7(O)CC[C@@]6(O)C(C)=O)C5)O[C@@H]4C)O[C@H]3C)O[C@@H]2C)O[C@@H](C)[C@@H]1O. The van der Waals surface area contributed by atoms with E-state index in [1.54, 1.807) is 20.1 Å². The Labute approximate surface area is 419 Å². The largest absolute Gasteiger partial charge is 0.458 e. The zero-order chi connectivity index (χ0) is 50.7. The number of ketones is 1. The summed E-state index contributed by atoms with van der Waals surface area (Å²) in [4.78, 5) is 26.8. The summed E-state index contributed by atoms with van der Waals surface area (Å²) in [7, 11) is 1.59. The van der Waals surface area contributed by atoms with Gasteiger partial charge in [0.2, 0.25) is 0 Å². The highest BCUT2D eigenvalue weighted by atomic mass is 16.7. The van der Waals surface area contributed by atoms with E-state index in [2.05, 4.69) is 6.92 Å². The lowest BCUT2D eigenvalue weighted by Gasteiger charge is -2.67. The number of hydrogen-bond acceptors (Lipinski definition) is 16. The predicted octanol–water partition coefficient (Wildman–Crippen LogP) is 6.36. The van der Waals surface area contributed by atoms with Gasteiger partial charge < -0.3 is 67.8 Å². The van der Waals surface area contributed by atoms with Crippen molar-refractivity contribution in [2.45, 2.75) is 247 Å². The summed E-state index contributed by atoms with van der Waals surface area (Å²) in [6.07, 6.45) is 6.36. The summed E-state index contributed by atoms with van der Waals surface area (Å²) in [5.74, 6) is -1.72. The molecule has 8 aliphatic rings. The summed E-state index contributed by atoms with van der Waals surface area (Å²) >= 11 is 0. The van der Waals surface area contributed by atoms with Crippen LogP contribution in [0.5, 0.6) is 0 Å². The van der Waals surface area contributed by atoms with Crippen LogP contribution in [0.2, 0.25) is 0 Å². The second kappa shape index (κ2) is 20.8. The van der Waals surface area contributed by atoms with Crippen LogP contribution >= 0.6 is 0 Å². The summed E-state index contributed by atoms with van der Waals surface area (Å²) < 4.78 is 62.7. The number of methoxy groups -OCH3 is 1. The van der Waals surface area contributed by atoms with Gasteiger partial charge in [0, 0.05) is 44.8 Å². The standard InChI is InChI=1S/C55H80O16/c1-31-39(68-47-20-16-40(32(2)64-47)69-48-21-17-41(33(3)65-48)70-49-29-42(62-8)50(58)34(4)66-49)15-19-46(63-31)67-38-23-24-51(6)37(28-38)22-25-54(60)43(51)30-44(71-45(57)18-14-36-12-10-9-11-13-36)52(7)53(59,35(5)56)26-27-55(52,54)61/h9-14,18,22,31-34,38-44,46-50,58-61H,15-17,19-21,23-30H2,1-8H3/b18-14+/t31-,32+,33-,34+,38?,39+,40+,41+,42-,43-,44-,46+,47+,48+,49+,50+,51+,52-,53-,54+,55-/m1/s1. The molecule has 4 saturated heterocycles.